The van der Waals surface area contributed by atoms with Crippen LogP contribution in [0.2, 0.25) is 0 Å². The Balaban J connectivity index is 1.80. The van der Waals surface area contributed by atoms with Crippen molar-refractivity contribution in [2.75, 3.05) is 0 Å². The predicted octanol–water partition coefficient (Wildman–Crippen LogP) is 2.56. The molecule has 19 heavy (non-hydrogen) atoms. The molecule has 1 heterocycles. The van der Waals surface area contributed by atoms with Gasteiger partial charge in [0.15, 0.2) is 0 Å². The molecule has 0 aliphatic carbocycles. The molecule has 4 nitrogen and oxygen atoms in total. The summed E-state index contributed by atoms with van der Waals surface area (Å²) >= 11 is 3.19. The molecule has 2 aromatic rings. The SMILES string of the molecule is O=C(CCc1ccc(Br)cc1F)NCc1ccn[nH]1. The molecular weight excluding hydrogens is 313 g/mol. The third kappa shape index (κ3) is 4.17. The second-order valence-corrected chi connectivity index (χ2v) is 5.01. The van der Waals surface area contributed by atoms with E-state index < -0.39 is 0 Å². The van der Waals surface area contributed by atoms with Crippen molar-refractivity contribution >= 4 is 21.8 Å². The lowest BCUT2D eigenvalue weighted by molar-refractivity contribution is -0.121. The summed E-state index contributed by atoms with van der Waals surface area (Å²) in [6.45, 7) is 0.404. The molecule has 0 aliphatic rings. The number of carbonyl (C=O) groups excluding carboxylic acids is 1. The van der Waals surface area contributed by atoms with Crippen molar-refractivity contribution in [1.29, 1.82) is 0 Å². The second kappa shape index (κ2) is 6.47. The number of carbonyl (C=O) groups is 1. The Kier molecular flexibility index (Phi) is 4.68. The maximum atomic E-state index is 13.5. The minimum atomic E-state index is -0.296. The fourth-order valence-electron chi connectivity index (χ4n) is 1.64. The molecule has 6 heteroatoms. The van der Waals surface area contributed by atoms with E-state index in [9.17, 15) is 9.18 Å². The van der Waals surface area contributed by atoms with E-state index in [0.717, 1.165) is 5.69 Å². The summed E-state index contributed by atoms with van der Waals surface area (Å²) in [5.74, 6) is -0.410. The van der Waals surface area contributed by atoms with Crippen molar-refractivity contribution in [2.45, 2.75) is 19.4 Å². The number of benzene rings is 1. The van der Waals surface area contributed by atoms with Crippen LogP contribution in [-0.4, -0.2) is 16.1 Å². The maximum absolute atomic E-state index is 13.5. The molecule has 0 bridgehead atoms. The van der Waals surface area contributed by atoms with Crippen LogP contribution in [0.15, 0.2) is 34.9 Å². The number of aryl methyl sites for hydroxylation is 1. The molecule has 1 aromatic carbocycles. The quantitative estimate of drug-likeness (QED) is 0.887. The molecule has 100 valence electrons. The highest BCUT2D eigenvalue weighted by Gasteiger charge is 2.07. The summed E-state index contributed by atoms with van der Waals surface area (Å²) in [5.41, 5.74) is 1.38. The third-order valence-electron chi connectivity index (χ3n) is 2.67. The van der Waals surface area contributed by atoms with Crippen molar-refractivity contribution in [3.05, 3.63) is 52.0 Å². The number of hydrogen-bond donors (Lipinski definition) is 2. The lowest BCUT2D eigenvalue weighted by Gasteiger charge is -2.05. The number of rotatable bonds is 5. The van der Waals surface area contributed by atoms with E-state index in [4.69, 9.17) is 0 Å². The fourth-order valence-corrected chi connectivity index (χ4v) is 1.97. The number of aromatic amines is 1. The van der Waals surface area contributed by atoms with Gasteiger partial charge in [-0.2, -0.15) is 5.10 Å². The average molecular weight is 326 g/mol. The van der Waals surface area contributed by atoms with Crippen LogP contribution in [0.1, 0.15) is 17.7 Å². The van der Waals surface area contributed by atoms with Crippen molar-refractivity contribution in [3.63, 3.8) is 0 Å². The number of aromatic nitrogens is 2. The molecule has 0 saturated carbocycles. The molecular formula is C13H13BrFN3O. The van der Waals surface area contributed by atoms with E-state index in [-0.39, 0.29) is 18.1 Å². The number of nitrogens with zero attached hydrogens (tertiary/aromatic N) is 1. The first-order valence-corrected chi connectivity index (χ1v) is 6.63. The standard InChI is InChI=1S/C13H13BrFN3O/c14-10-3-1-9(12(15)7-10)2-4-13(19)16-8-11-5-6-17-18-11/h1,3,5-7H,2,4,8H2,(H,16,19)(H,17,18). The summed E-state index contributed by atoms with van der Waals surface area (Å²) in [5, 5.41) is 9.28. The molecule has 0 atom stereocenters. The van der Waals surface area contributed by atoms with Gasteiger partial charge in [-0.15, -0.1) is 0 Å². The van der Waals surface area contributed by atoms with E-state index >= 15 is 0 Å². The number of nitrogens with one attached hydrogen (secondary N) is 2. The fraction of sp³-hybridized carbons (Fsp3) is 0.231. The van der Waals surface area contributed by atoms with Crippen LogP contribution >= 0.6 is 15.9 Å². The Bertz CT molecular complexity index is 557. The van der Waals surface area contributed by atoms with E-state index in [1.54, 1.807) is 24.4 Å². The first-order chi connectivity index (χ1) is 9.15. The predicted molar refractivity (Wildman–Crippen MR) is 72.9 cm³/mol. The van der Waals surface area contributed by atoms with Crippen molar-refractivity contribution < 1.29 is 9.18 Å². The molecule has 0 fully saturated rings. The Morgan fingerprint density at radius 2 is 2.26 bits per heavy atom. The van der Waals surface area contributed by atoms with Gasteiger partial charge in [0.05, 0.1) is 12.2 Å². The lowest BCUT2D eigenvalue weighted by atomic mass is 10.1. The zero-order chi connectivity index (χ0) is 13.7. The van der Waals surface area contributed by atoms with Gasteiger partial charge in [0.2, 0.25) is 5.91 Å². The number of halogens is 2. The summed E-state index contributed by atoms with van der Waals surface area (Å²) in [6, 6.07) is 6.63. The number of hydrogen-bond acceptors (Lipinski definition) is 2. The first-order valence-electron chi connectivity index (χ1n) is 5.84. The van der Waals surface area contributed by atoms with Gasteiger partial charge >= 0.3 is 0 Å². The summed E-state index contributed by atoms with van der Waals surface area (Å²) in [6.07, 6.45) is 2.26. The van der Waals surface area contributed by atoms with Gasteiger partial charge in [-0.05, 0) is 30.2 Å². The molecule has 0 spiro atoms. The topological polar surface area (TPSA) is 57.8 Å². The minimum Gasteiger partial charge on any atom is -0.350 e. The van der Waals surface area contributed by atoms with Crippen LogP contribution in [0.25, 0.3) is 0 Å². The highest BCUT2D eigenvalue weighted by Crippen LogP contribution is 2.16. The van der Waals surface area contributed by atoms with Crippen LogP contribution in [0.4, 0.5) is 4.39 Å². The van der Waals surface area contributed by atoms with Crippen LogP contribution in [-0.2, 0) is 17.8 Å². The molecule has 1 aromatic heterocycles. The number of amides is 1. The van der Waals surface area contributed by atoms with E-state index in [0.29, 0.717) is 23.0 Å². The van der Waals surface area contributed by atoms with Gasteiger partial charge in [0.25, 0.3) is 0 Å². The van der Waals surface area contributed by atoms with E-state index in [1.165, 1.54) is 6.07 Å². The molecule has 2 rings (SSSR count). The monoisotopic (exact) mass is 325 g/mol. The normalized spacial score (nSPS) is 10.4. The molecule has 0 radical (unpaired) electrons. The van der Waals surface area contributed by atoms with Gasteiger partial charge in [-0.1, -0.05) is 22.0 Å². The average Bonchev–Trinajstić information content (AvgIpc) is 2.88. The largest absolute Gasteiger partial charge is 0.350 e. The van der Waals surface area contributed by atoms with Crippen molar-refractivity contribution in [2.24, 2.45) is 0 Å². The molecule has 0 aliphatic heterocycles. The van der Waals surface area contributed by atoms with Crippen LogP contribution in [0.5, 0.6) is 0 Å². The second-order valence-electron chi connectivity index (χ2n) is 4.09. The summed E-state index contributed by atoms with van der Waals surface area (Å²) in [7, 11) is 0. The summed E-state index contributed by atoms with van der Waals surface area (Å²) in [4.78, 5) is 11.6. The van der Waals surface area contributed by atoms with Crippen LogP contribution in [0, 0.1) is 5.82 Å². The van der Waals surface area contributed by atoms with Gasteiger partial charge in [0, 0.05) is 17.1 Å². The van der Waals surface area contributed by atoms with Gasteiger partial charge < -0.3 is 5.32 Å². The zero-order valence-electron chi connectivity index (χ0n) is 10.1. The highest BCUT2D eigenvalue weighted by molar-refractivity contribution is 9.10. The Labute approximate surface area is 118 Å². The molecule has 0 unspecified atom stereocenters. The van der Waals surface area contributed by atoms with Gasteiger partial charge in [0.1, 0.15) is 5.82 Å². The Morgan fingerprint density at radius 3 is 2.95 bits per heavy atom. The van der Waals surface area contributed by atoms with Crippen molar-refractivity contribution in [3.8, 4) is 0 Å². The minimum absolute atomic E-state index is 0.114. The maximum Gasteiger partial charge on any atom is 0.220 e. The van der Waals surface area contributed by atoms with Crippen LogP contribution < -0.4 is 5.32 Å². The van der Waals surface area contributed by atoms with Crippen molar-refractivity contribution in [1.82, 2.24) is 15.5 Å². The molecule has 1 amide bonds. The Morgan fingerprint density at radius 1 is 1.42 bits per heavy atom. The zero-order valence-corrected chi connectivity index (χ0v) is 11.7. The Hall–Kier alpha value is -1.69. The van der Waals surface area contributed by atoms with Gasteiger partial charge in [-0.25, -0.2) is 4.39 Å². The molecule has 2 N–H and O–H groups in total. The van der Waals surface area contributed by atoms with E-state index in [1.807, 2.05) is 0 Å². The summed E-state index contributed by atoms with van der Waals surface area (Å²) < 4.78 is 14.2. The smallest absolute Gasteiger partial charge is 0.220 e. The number of H-pyrrole nitrogens is 1. The van der Waals surface area contributed by atoms with E-state index in [2.05, 4.69) is 31.4 Å². The third-order valence-corrected chi connectivity index (χ3v) is 3.16. The highest BCUT2D eigenvalue weighted by atomic mass is 79.9. The molecule has 0 saturated heterocycles. The first kappa shape index (κ1) is 13.7. The van der Waals surface area contributed by atoms with Gasteiger partial charge in [-0.3, -0.25) is 9.89 Å². The van der Waals surface area contributed by atoms with Crippen LogP contribution in [0.3, 0.4) is 0 Å². The lowest BCUT2D eigenvalue weighted by Crippen LogP contribution is -2.23.